The number of aryl methyl sites for hydroxylation is 1. The fraction of sp³-hybridized carbons (Fsp3) is 0.571. The molecular weight excluding hydrogens is 252 g/mol. The molecule has 0 N–H and O–H groups in total. The molecule has 0 bridgehead atoms. The Morgan fingerprint density at radius 3 is 1.90 bits per heavy atom. The molecule has 1 aromatic carbocycles. The molecule has 0 aliphatic rings. The van der Waals surface area contributed by atoms with E-state index in [1.165, 1.54) is 0 Å². The van der Waals surface area contributed by atoms with Gasteiger partial charge in [0.1, 0.15) is 0 Å². The number of benzene rings is 1. The molecule has 106 valence electrons. The summed E-state index contributed by atoms with van der Waals surface area (Å²) in [6, 6.07) is 3.94. The van der Waals surface area contributed by atoms with Crippen LogP contribution in [0.4, 0.5) is 0 Å². The van der Waals surface area contributed by atoms with Crippen molar-refractivity contribution < 1.29 is 0 Å². The molecule has 0 aromatic heterocycles. The first-order valence-corrected chi connectivity index (χ1v) is 6.41. The highest BCUT2D eigenvalue weighted by Gasteiger charge is 2.31. The van der Waals surface area contributed by atoms with E-state index < -0.39 is 11.1 Å². The van der Waals surface area contributed by atoms with Crippen LogP contribution >= 0.6 is 0 Å². The van der Waals surface area contributed by atoms with Crippen molar-refractivity contribution in [2.45, 2.75) is 52.6 Å². The number of azide groups is 2. The van der Waals surface area contributed by atoms with E-state index >= 15 is 0 Å². The minimum atomic E-state index is -0.706. The first-order chi connectivity index (χ1) is 9.17. The molecule has 0 aliphatic carbocycles. The molecular formula is C14H20N6. The lowest BCUT2D eigenvalue weighted by atomic mass is 9.79. The average Bonchev–Trinajstić information content (AvgIpc) is 2.31. The molecule has 0 amide bonds. The predicted octanol–water partition coefficient (Wildman–Crippen LogP) is 5.39. The van der Waals surface area contributed by atoms with Gasteiger partial charge in [0.2, 0.25) is 0 Å². The highest BCUT2D eigenvalue weighted by atomic mass is 15.2. The summed E-state index contributed by atoms with van der Waals surface area (Å²) in [5.41, 5.74) is 20.1. The van der Waals surface area contributed by atoms with Crippen molar-refractivity contribution in [3.63, 3.8) is 0 Å². The maximum absolute atomic E-state index is 8.80. The van der Waals surface area contributed by atoms with E-state index in [0.717, 1.165) is 22.3 Å². The van der Waals surface area contributed by atoms with Crippen molar-refractivity contribution in [2.24, 2.45) is 10.2 Å². The second-order valence-electron chi connectivity index (χ2n) is 5.93. The van der Waals surface area contributed by atoms with Crippen molar-refractivity contribution in [3.8, 4) is 0 Å². The summed E-state index contributed by atoms with van der Waals surface area (Å²) in [6.07, 6.45) is 0. The predicted molar refractivity (Wildman–Crippen MR) is 80.3 cm³/mol. The van der Waals surface area contributed by atoms with Crippen molar-refractivity contribution in [2.75, 3.05) is 0 Å². The molecule has 0 aliphatic heterocycles. The Labute approximate surface area is 119 Å². The van der Waals surface area contributed by atoms with Gasteiger partial charge in [-0.05, 0) is 47.2 Å². The van der Waals surface area contributed by atoms with Crippen molar-refractivity contribution in [1.82, 2.24) is 0 Å². The summed E-state index contributed by atoms with van der Waals surface area (Å²) < 4.78 is 0. The van der Waals surface area contributed by atoms with Gasteiger partial charge in [-0.3, -0.25) is 0 Å². The topological polar surface area (TPSA) is 97.5 Å². The Morgan fingerprint density at radius 2 is 1.40 bits per heavy atom. The minimum absolute atomic E-state index is 0.704. The zero-order valence-corrected chi connectivity index (χ0v) is 12.8. The summed E-state index contributed by atoms with van der Waals surface area (Å²) in [6.45, 7) is 11.4. The van der Waals surface area contributed by atoms with E-state index in [-0.39, 0.29) is 0 Å². The Hall–Kier alpha value is -2.16. The van der Waals surface area contributed by atoms with E-state index in [4.69, 9.17) is 11.1 Å². The molecule has 0 unspecified atom stereocenters. The third-order valence-corrected chi connectivity index (χ3v) is 3.60. The maximum Gasteiger partial charge on any atom is 0.0687 e. The van der Waals surface area contributed by atoms with Crippen LogP contribution in [-0.4, -0.2) is 0 Å². The Morgan fingerprint density at radius 1 is 0.900 bits per heavy atom. The van der Waals surface area contributed by atoms with Crippen LogP contribution in [0.3, 0.4) is 0 Å². The van der Waals surface area contributed by atoms with Crippen LogP contribution in [0.1, 0.15) is 49.9 Å². The van der Waals surface area contributed by atoms with Crippen LogP contribution in [0.15, 0.2) is 22.4 Å². The van der Waals surface area contributed by atoms with Crippen LogP contribution in [0.5, 0.6) is 0 Å². The monoisotopic (exact) mass is 272 g/mol. The number of hydrogen-bond donors (Lipinski definition) is 0. The first-order valence-electron chi connectivity index (χ1n) is 6.41. The van der Waals surface area contributed by atoms with Crippen molar-refractivity contribution in [1.29, 1.82) is 0 Å². The first kappa shape index (κ1) is 15.9. The van der Waals surface area contributed by atoms with Gasteiger partial charge < -0.3 is 0 Å². The molecule has 0 radical (unpaired) electrons. The van der Waals surface area contributed by atoms with E-state index in [9.17, 15) is 0 Å². The standard InChI is InChI=1S/C14H20N6/c1-9-7-8-11(13(3,4)17-19-15)12(10(9)2)14(5,6)18-20-16/h7-8H,1-6H3. The normalized spacial score (nSPS) is 11.5. The Kier molecular flexibility index (Phi) is 4.33. The molecule has 6 heteroatoms. The van der Waals surface area contributed by atoms with E-state index in [0.29, 0.717) is 0 Å². The lowest BCUT2D eigenvalue weighted by molar-refractivity contribution is 0.491. The van der Waals surface area contributed by atoms with Gasteiger partial charge >= 0.3 is 0 Å². The molecule has 0 fully saturated rings. The van der Waals surface area contributed by atoms with E-state index in [1.807, 2.05) is 53.7 Å². The zero-order chi connectivity index (χ0) is 15.6. The highest BCUT2D eigenvalue weighted by molar-refractivity contribution is 5.46. The largest absolute Gasteiger partial charge is 0.0831 e. The summed E-state index contributed by atoms with van der Waals surface area (Å²) >= 11 is 0. The van der Waals surface area contributed by atoms with Crippen LogP contribution in [0.2, 0.25) is 0 Å². The zero-order valence-electron chi connectivity index (χ0n) is 12.8. The third-order valence-electron chi connectivity index (χ3n) is 3.60. The molecule has 0 heterocycles. The number of hydrogen-bond acceptors (Lipinski definition) is 2. The molecule has 20 heavy (non-hydrogen) atoms. The summed E-state index contributed by atoms with van der Waals surface area (Å²) in [4.78, 5) is 5.87. The Balaban J connectivity index is 3.76. The number of nitrogens with zero attached hydrogens (tertiary/aromatic N) is 6. The van der Waals surface area contributed by atoms with Gasteiger partial charge in [0.25, 0.3) is 0 Å². The van der Waals surface area contributed by atoms with Crippen LogP contribution in [0.25, 0.3) is 20.9 Å². The lowest BCUT2D eigenvalue weighted by Gasteiger charge is -2.31. The van der Waals surface area contributed by atoms with Gasteiger partial charge in [-0.1, -0.05) is 50.1 Å². The summed E-state index contributed by atoms with van der Waals surface area (Å²) in [7, 11) is 0. The third kappa shape index (κ3) is 2.87. The second kappa shape index (κ2) is 5.45. The smallest absolute Gasteiger partial charge is 0.0687 e. The fourth-order valence-electron chi connectivity index (χ4n) is 2.44. The van der Waals surface area contributed by atoms with Crippen LogP contribution in [-0.2, 0) is 11.1 Å². The molecule has 1 aromatic rings. The van der Waals surface area contributed by atoms with Gasteiger partial charge in [0.05, 0.1) is 11.1 Å². The van der Waals surface area contributed by atoms with Crippen LogP contribution < -0.4 is 0 Å². The number of rotatable bonds is 4. The Bertz CT molecular complexity index is 617. The molecule has 6 nitrogen and oxygen atoms in total. The van der Waals surface area contributed by atoms with Gasteiger partial charge in [-0.25, -0.2) is 0 Å². The van der Waals surface area contributed by atoms with Gasteiger partial charge in [0, 0.05) is 9.82 Å². The fourth-order valence-corrected chi connectivity index (χ4v) is 2.44. The minimum Gasteiger partial charge on any atom is -0.0831 e. The van der Waals surface area contributed by atoms with E-state index in [2.05, 4.69) is 20.1 Å². The van der Waals surface area contributed by atoms with E-state index in [1.54, 1.807) is 0 Å². The van der Waals surface area contributed by atoms with Crippen LogP contribution in [0, 0.1) is 13.8 Å². The van der Waals surface area contributed by atoms with Crippen molar-refractivity contribution >= 4 is 0 Å². The summed E-state index contributed by atoms with van der Waals surface area (Å²) in [5.74, 6) is 0. The molecule has 0 atom stereocenters. The van der Waals surface area contributed by atoms with Gasteiger partial charge in [-0.2, -0.15) is 0 Å². The maximum atomic E-state index is 8.80. The SMILES string of the molecule is Cc1ccc(C(C)(C)N=[N+]=[N-])c(C(C)(C)N=[N+]=[N-])c1C. The van der Waals surface area contributed by atoms with Crippen molar-refractivity contribution in [3.05, 3.63) is 55.3 Å². The quantitative estimate of drug-likeness (QED) is 0.398. The molecule has 1 rings (SSSR count). The molecule has 0 spiro atoms. The lowest BCUT2D eigenvalue weighted by Crippen LogP contribution is -2.25. The highest BCUT2D eigenvalue weighted by Crippen LogP contribution is 2.39. The van der Waals surface area contributed by atoms with Gasteiger partial charge in [0.15, 0.2) is 0 Å². The second-order valence-corrected chi connectivity index (χ2v) is 5.93. The van der Waals surface area contributed by atoms with Gasteiger partial charge in [-0.15, -0.1) is 0 Å². The average molecular weight is 272 g/mol. The molecule has 0 saturated carbocycles. The molecule has 0 saturated heterocycles. The summed E-state index contributed by atoms with van der Waals surface area (Å²) in [5, 5.41) is 7.79.